The van der Waals surface area contributed by atoms with Crippen molar-refractivity contribution in [3.05, 3.63) is 38.9 Å². The fourth-order valence-corrected chi connectivity index (χ4v) is 2.68. The lowest BCUT2D eigenvalue weighted by atomic mass is 9.76. The number of alkyl halides is 3. The zero-order valence-electron chi connectivity index (χ0n) is 11.8. The van der Waals surface area contributed by atoms with Crippen LogP contribution in [0.1, 0.15) is 23.2 Å². The smallest absolute Gasteiger partial charge is 0.298 e. The number of nitro groups is 1. The van der Waals surface area contributed by atoms with Gasteiger partial charge in [-0.3, -0.25) is 24.5 Å². The second kappa shape index (κ2) is 6.31. The number of Topliss-reactive ketones (excluding diaryl/α,β-unsaturated/α-hetero) is 3. The number of nitro benzene ring substituents is 1. The second-order valence-electron chi connectivity index (χ2n) is 5.30. The molecule has 6 nitrogen and oxygen atoms in total. The van der Waals surface area contributed by atoms with E-state index in [1.165, 1.54) is 0 Å². The van der Waals surface area contributed by atoms with Gasteiger partial charge in [0.25, 0.3) is 5.69 Å². The highest BCUT2D eigenvalue weighted by molar-refractivity contribution is 6.31. The number of nitrogens with zero attached hydrogens (tertiary/aromatic N) is 1. The SMILES string of the molecule is O=C1CC(C(F)(F)F)CC(=O)C1C(=O)c1ccc(Cl)cc1[N+](=O)[O-]. The molecular formula is C14H9ClF3NO5. The fraction of sp³-hybridized carbons (Fsp3) is 0.357. The number of ketones is 3. The molecule has 0 amide bonds. The lowest BCUT2D eigenvalue weighted by Crippen LogP contribution is -2.43. The molecule has 1 saturated carbocycles. The molecule has 0 unspecified atom stereocenters. The predicted molar refractivity (Wildman–Crippen MR) is 74.7 cm³/mol. The van der Waals surface area contributed by atoms with Crippen LogP contribution in [0.5, 0.6) is 0 Å². The monoisotopic (exact) mass is 363 g/mol. The summed E-state index contributed by atoms with van der Waals surface area (Å²) in [6.45, 7) is 0. The van der Waals surface area contributed by atoms with Gasteiger partial charge in [0.05, 0.1) is 16.4 Å². The highest BCUT2D eigenvalue weighted by Gasteiger charge is 2.50. The van der Waals surface area contributed by atoms with Gasteiger partial charge in [-0.05, 0) is 12.1 Å². The highest BCUT2D eigenvalue weighted by Crippen LogP contribution is 2.38. The van der Waals surface area contributed by atoms with Crippen molar-refractivity contribution in [2.45, 2.75) is 19.0 Å². The van der Waals surface area contributed by atoms with Crippen molar-refractivity contribution in [2.75, 3.05) is 0 Å². The minimum Gasteiger partial charge on any atom is -0.298 e. The van der Waals surface area contributed by atoms with Crippen molar-refractivity contribution in [2.24, 2.45) is 11.8 Å². The molecule has 0 aromatic heterocycles. The lowest BCUT2D eigenvalue weighted by molar-refractivity contribution is -0.385. The topological polar surface area (TPSA) is 94.3 Å². The number of carbonyl (C=O) groups is 3. The molecule has 128 valence electrons. The van der Waals surface area contributed by atoms with Gasteiger partial charge in [-0.15, -0.1) is 0 Å². The zero-order chi connectivity index (χ0) is 18.2. The number of hydrogen-bond acceptors (Lipinski definition) is 5. The first kappa shape index (κ1) is 18.1. The molecule has 0 heterocycles. The van der Waals surface area contributed by atoms with Gasteiger partial charge in [0, 0.05) is 23.9 Å². The van der Waals surface area contributed by atoms with Crippen molar-refractivity contribution >= 4 is 34.6 Å². The summed E-state index contributed by atoms with van der Waals surface area (Å²) in [7, 11) is 0. The Labute approximate surface area is 137 Å². The van der Waals surface area contributed by atoms with E-state index < -0.39 is 64.4 Å². The van der Waals surface area contributed by atoms with Crippen molar-refractivity contribution in [3.63, 3.8) is 0 Å². The predicted octanol–water partition coefficient (Wildman–Crippen LogP) is 3.16. The van der Waals surface area contributed by atoms with Crippen molar-refractivity contribution < 1.29 is 32.5 Å². The second-order valence-corrected chi connectivity index (χ2v) is 5.73. The first-order valence-electron chi connectivity index (χ1n) is 6.62. The Hall–Kier alpha value is -2.29. The molecule has 0 radical (unpaired) electrons. The van der Waals surface area contributed by atoms with Gasteiger partial charge in [0.2, 0.25) is 0 Å². The van der Waals surface area contributed by atoms with Gasteiger partial charge < -0.3 is 0 Å². The van der Waals surface area contributed by atoms with E-state index in [9.17, 15) is 37.7 Å². The number of benzene rings is 1. The molecule has 0 atom stereocenters. The zero-order valence-corrected chi connectivity index (χ0v) is 12.6. The number of rotatable bonds is 3. The number of carbonyl (C=O) groups excluding carboxylic acids is 3. The van der Waals surface area contributed by atoms with Crippen LogP contribution in [0.2, 0.25) is 5.02 Å². The Morgan fingerprint density at radius 1 is 1.21 bits per heavy atom. The summed E-state index contributed by atoms with van der Waals surface area (Å²) in [5.74, 6) is -7.66. The third-order valence-electron chi connectivity index (χ3n) is 3.69. The van der Waals surface area contributed by atoms with Gasteiger partial charge in [0.1, 0.15) is 5.92 Å². The van der Waals surface area contributed by atoms with Crippen LogP contribution in [0.3, 0.4) is 0 Å². The molecule has 1 aliphatic rings. The van der Waals surface area contributed by atoms with Gasteiger partial charge in [-0.2, -0.15) is 13.2 Å². The first-order valence-corrected chi connectivity index (χ1v) is 7.00. The largest absolute Gasteiger partial charge is 0.392 e. The molecule has 24 heavy (non-hydrogen) atoms. The van der Waals surface area contributed by atoms with Crippen LogP contribution in [0.25, 0.3) is 0 Å². The minimum atomic E-state index is -4.73. The maximum absolute atomic E-state index is 12.7. The molecule has 2 rings (SSSR count). The Kier molecular flexibility index (Phi) is 4.75. The summed E-state index contributed by atoms with van der Waals surface area (Å²) >= 11 is 5.60. The minimum absolute atomic E-state index is 0.0447. The molecule has 0 spiro atoms. The van der Waals surface area contributed by atoms with E-state index in [1.807, 2.05) is 0 Å². The summed E-state index contributed by atoms with van der Waals surface area (Å²) in [6.07, 6.45) is -6.74. The fourth-order valence-electron chi connectivity index (χ4n) is 2.52. The molecule has 1 aromatic rings. The normalized spacial score (nSPS) is 21.7. The van der Waals surface area contributed by atoms with Crippen LogP contribution in [0.4, 0.5) is 18.9 Å². The molecule has 0 bridgehead atoms. The van der Waals surface area contributed by atoms with Crippen LogP contribution < -0.4 is 0 Å². The third-order valence-corrected chi connectivity index (χ3v) is 3.92. The average Bonchev–Trinajstić information content (AvgIpc) is 2.45. The maximum Gasteiger partial charge on any atom is 0.392 e. The molecule has 0 N–H and O–H groups in total. The van der Waals surface area contributed by atoms with E-state index >= 15 is 0 Å². The molecular weight excluding hydrogens is 355 g/mol. The van der Waals surface area contributed by atoms with Crippen molar-refractivity contribution in [1.82, 2.24) is 0 Å². The summed E-state index contributed by atoms with van der Waals surface area (Å²) in [5, 5.41) is 10.9. The third kappa shape index (κ3) is 3.45. The van der Waals surface area contributed by atoms with Crippen LogP contribution in [-0.4, -0.2) is 28.4 Å². The van der Waals surface area contributed by atoms with Crippen LogP contribution in [-0.2, 0) is 9.59 Å². The van der Waals surface area contributed by atoms with E-state index in [1.54, 1.807) is 0 Å². The van der Waals surface area contributed by atoms with Crippen molar-refractivity contribution in [1.29, 1.82) is 0 Å². The van der Waals surface area contributed by atoms with Crippen LogP contribution in [0, 0.1) is 22.0 Å². The van der Waals surface area contributed by atoms with E-state index in [2.05, 4.69) is 0 Å². The summed E-state index contributed by atoms with van der Waals surface area (Å²) < 4.78 is 38.0. The van der Waals surface area contributed by atoms with Gasteiger partial charge >= 0.3 is 6.18 Å². The van der Waals surface area contributed by atoms with E-state index in [0.29, 0.717) is 0 Å². The summed E-state index contributed by atoms with van der Waals surface area (Å²) in [4.78, 5) is 46.2. The van der Waals surface area contributed by atoms with E-state index in [0.717, 1.165) is 18.2 Å². The maximum atomic E-state index is 12.7. The summed E-state index contributed by atoms with van der Waals surface area (Å²) in [6, 6.07) is 2.99. The Bertz CT molecular complexity index is 728. The Morgan fingerprint density at radius 2 is 1.75 bits per heavy atom. The van der Waals surface area contributed by atoms with Crippen molar-refractivity contribution in [3.8, 4) is 0 Å². The standard InChI is InChI=1S/C14H9ClF3NO5/c15-7-1-2-8(9(5-7)19(23)24)13(22)12-10(20)3-6(4-11(12)21)14(16,17)18/h1-2,5-6,12H,3-4H2. The molecule has 0 aliphatic heterocycles. The van der Waals surface area contributed by atoms with E-state index in [-0.39, 0.29) is 5.02 Å². The van der Waals surface area contributed by atoms with Gasteiger partial charge in [-0.1, -0.05) is 11.6 Å². The Morgan fingerprint density at radius 3 is 2.21 bits per heavy atom. The molecule has 1 aliphatic carbocycles. The molecule has 0 saturated heterocycles. The first-order chi connectivity index (χ1) is 11.0. The highest BCUT2D eigenvalue weighted by atomic mass is 35.5. The Balaban J connectivity index is 2.36. The van der Waals surface area contributed by atoms with E-state index in [4.69, 9.17) is 11.6 Å². The number of hydrogen-bond donors (Lipinski definition) is 0. The van der Waals surface area contributed by atoms with Crippen LogP contribution >= 0.6 is 11.6 Å². The average molecular weight is 364 g/mol. The van der Waals surface area contributed by atoms with Crippen LogP contribution in [0.15, 0.2) is 18.2 Å². The van der Waals surface area contributed by atoms with Gasteiger partial charge in [-0.25, -0.2) is 0 Å². The molecule has 1 aromatic carbocycles. The molecule has 10 heteroatoms. The van der Waals surface area contributed by atoms with Gasteiger partial charge in [0.15, 0.2) is 17.3 Å². The summed E-state index contributed by atoms with van der Waals surface area (Å²) in [5.41, 5.74) is -1.26. The number of halogens is 4. The quantitative estimate of drug-likeness (QED) is 0.356. The lowest BCUT2D eigenvalue weighted by Gasteiger charge is -2.27. The molecule has 1 fully saturated rings.